The molecule has 7 heteroatoms. The molecule has 1 fully saturated rings. The average molecular weight is 347 g/mol. The summed E-state index contributed by atoms with van der Waals surface area (Å²) in [5.41, 5.74) is 1.33. The van der Waals surface area contributed by atoms with E-state index in [9.17, 15) is 8.42 Å². The molecule has 1 unspecified atom stereocenters. The van der Waals surface area contributed by atoms with Crippen molar-refractivity contribution in [3.05, 3.63) is 53.9 Å². The summed E-state index contributed by atoms with van der Waals surface area (Å²) in [6.45, 7) is 3.68. The Labute approximate surface area is 142 Å². The van der Waals surface area contributed by atoms with Crippen LogP contribution in [0.15, 0.2) is 47.5 Å². The van der Waals surface area contributed by atoms with Gasteiger partial charge in [0.25, 0.3) is 0 Å². The summed E-state index contributed by atoms with van der Waals surface area (Å²) in [5, 5.41) is 3.24. The van der Waals surface area contributed by atoms with Crippen LogP contribution in [0.5, 0.6) is 5.75 Å². The molecule has 0 spiro atoms. The zero-order chi connectivity index (χ0) is 17.0. The van der Waals surface area contributed by atoms with E-state index >= 15 is 0 Å². The molecule has 6 nitrogen and oxygen atoms in total. The van der Waals surface area contributed by atoms with Crippen molar-refractivity contribution in [2.45, 2.75) is 30.9 Å². The van der Waals surface area contributed by atoms with Gasteiger partial charge in [0.1, 0.15) is 11.9 Å². The Morgan fingerprint density at radius 1 is 1.33 bits per heavy atom. The van der Waals surface area contributed by atoms with Crippen molar-refractivity contribution >= 4 is 10.0 Å². The van der Waals surface area contributed by atoms with Crippen molar-refractivity contribution < 1.29 is 13.2 Å². The molecule has 0 aliphatic carbocycles. The summed E-state index contributed by atoms with van der Waals surface area (Å²) >= 11 is 0. The standard InChI is InChI=1S/C17H21N3O3S/c1-13-4-2-3-5-17(13)24(21,22)20-11-14-10-15(7-9-19-14)23-16-6-8-18-12-16/h2-5,7,9-10,16,18,20H,6,8,11-12H2,1H3. The molecule has 2 heterocycles. The van der Waals surface area contributed by atoms with E-state index in [2.05, 4.69) is 15.0 Å². The Morgan fingerprint density at radius 3 is 2.92 bits per heavy atom. The van der Waals surface area contributed by atoms with Crippen LogP contribution in [-0.2, 0) is 16.6 Å². The lowest BCUT2D eigenvalue weighted by Gasteiger charge is -2.13. The molecule has 0 bridgehead atoms. The van der Waals surface area contributed by atoms with E-state index in [-0.39, 0.29) is 17.5 Å². The monoisotopic (exact) mass is 347 g/mol. The summed E-state index contributed by atoms with van der Waals surface area (Å²) < 4.78 is 33.3. The number of nitrogens with zero attached hydrogens (tertiary/aromatic N) is 1. The number of rotatable bonds is 6. The van der Waals surface area contributed by atoms with E-state index in [1.54, 1.807) is 43.5 Å². The summed E-state index contributed by atoms with van der Waals surface area (Å²) in [7, 11) is -3.57. The lowest BCUT2D eigenvalue weighted by atomic mass is 10.2. The number of aryl methyl sites for hydroxylation is 1. The van der Waals surface area contributed by atoms with Crippen LogP contribution in [0.25, 0.3) is 0 Å². The van der Waals surface area contributed by atoms with Crippen LogP contribution in [0.2, 0.25) is 0 Å². The molecule has 2 N–H and O–H groups in total. The first-order chi connectivity index (χ1) is 11.5. The molecule has 128 valence electrons. The second-order valence-electron chi connectivity index (χ2n) is 5.81. The highest BCUT2D eigenvalue weighted by atomic mass is 32.2. The van der Waals surface area contributed by atoms with E-state index in [1.807, 2.05) is 6.07 Å². The highest BCUT2D eigenvalue weighted by Gasteiger charge is 2.18. The van der Waals surface area contributed by atoms with Crippen LogP contribution in [0.3, 0.4) is 0 Å². The average Bonchev–Trinajstić information content (AvgIpc) is 3.07. The summed E-state index contributed by atoms with van der Waals surface area (Å²) in [6.07, 6.45) is 2.76. The van der Waals surface area contributed by atoms with Crippen LogP contribution in [0, 0.1) is 6.92 Å². The normalized spacial score (nSPS) is 17.8. The highest BCUT2D eigenvalue weighted by molar-refractivity contribution is 7.89. The van der Waals surface area contributed by atoms with Crippen molar-refractivity contribution in [2.75, 3.05) is 13.1 Å². The van der Waals surface area contributed by atoms with Gasteiger partial charge in [0, 0.05) is 18.8 Å². The predicted octanol–water partition coefficient (Wildman–Crippen LogP) is 1.61. The summed E-state index contributed by atoms with van der Waals surface area (Å²) in [6, 6.07) is 10.5. The SMILES string of the molecule is Cc1ccccc1S(=O)(=O)NCc1cc(OC2CCNC2)ccn1. The zero-order valence-corrected chi connectivity index (χ0v) is 14.3. The molecule has 24 heavy (non-hydrogen) atoms. The third-order valence-corrected chi connectivity index (χ3v) is 5.49. The summed E-state index contributed by atoms with van der Waals surface area (Å²) in [4.78, 5) is 4.50. The fraction of sp³-hybridized carbons (Fsp3) is 0.353. The van der Waals surface area contributed by atoms with Crippen molar-refractivity contribution in [1.82, 2.24) is 15.0 Å². The van der Waals surface area contributed by atoms with Gasteiger partial charge in [0.05, 0.1) is 17.1 Å². The Kier molecular flexibility index (Phi) is 5.13. The van der Waals surface area contributed by atoms with Gasteiger partial charge in [0.2, 0.25) is 10.0 Å². The van der Waals surface area contributed by atoms with Gasteiger partial charge in [-0.3, -0.25) is 4.98 Å². The molecule has 3 rings (SSSR count). The number of nitrogens with one attached hydrogen (secondary N) is 2. The first-order valence-electron chi connectivity index (χ1n) is 7.92. The molecular formula is C17H21N3O3S. The Hall–Kier alpha value is -1.96. The summed E-state index contributed by atoms with van der Waals surface area (Å²) in [5.74, 6) is 0.712. The van der Waals surface area contributed by atoms with Gasteiger partial charge in [-0.1, -0.05) is 18.2 Å². The van der Waals surface area contributed by atoms with Crippen molar-refractivity contribution in [2.24, 2.45) is 0 Å². The third-order valence-electron chi connectivity index (χ3n) is 3.93. The van der Waals surface area contributed by atoms with E-state index < -0.39 is 10.0 Å². The minimum absolute atomic E-state index is 0.122. The van der Waals surface area contributed by atoms with Crippen molar-refractivity contribution in [3.63, 3.8) is 0 Å². The van der Waals surface area contributed by atoms with Gasteiger partial charge in [-0.15, -0.1) is 0 Å². The van der Waals surface area contributed by atoms with Crippen LogP contribution in [0.4, 0.5) is 0 Å². The van der Waals surface area contributed by atoms with Gasteiger partial charge < -0.3 is 10.1 Å². The molecule has 1 atom stereocenters. The lowest BCUT2D eigenvalue weighted by molar-refractivity contribution is 0.222. The molecule has 1 aromatic heterocycles. The largest absolute Gasteiger partial charge is 0.489 e. The van der Waals surface area contributed by atoms with Crippen LogP contribution < -0.4 is 14.8 Å². The number of ether oxygens (including phenoxy) is 1. The van der Waals surface area contributed by atoms with Gasteiger partial charge >= 0.3 is 0 Å². The fourth-order valence-electron chi connectivity index (χ4n) is 2.65. The molecule has 0 saturated carbocycles. The second kappa shape index (κ2) is 7.29. The number of sulfonamides is 1. The molecule has 2 aromatic rings. The number of pyridine rings is 1. The second-order valence-corrected chi connectivity index (χ2v) is 7.54. The maximum absolute atomic E-state index is 12.4. The third kappa shape index (κ3) is 4.11. The smallest absolute Gasteiger partial charge is 0.241 e. The first kappa shape index (κ1) is 16.9. The predicted molar refractivity (Wildman–Crippen MR) is 91.3 cm³/mol. The van der Waals surface area contributed by atoms with Crippen LogP contribution in [0.1, 0.15) is 17.7 Å². The van der Waals surface area contributed by atoms with Gasteiger partial charge in [-0.2, -0.15) is 0 Å². The molecule has 0 amide bonds. The zero-order valence-electron chi connectivity index (χ0n) is 13.5. The quantitative estimate of drug-likeness (QED) is 0.830. The molecule has 0 radical (unpaired) electrons. The highest BCUT2D eigenvalue weighted by Crippen LogP contribution is 2.17. The minimum atomic E-state index is -3.57. The molecule has 1 aliphatic heterocycles. The number of hydrogen-bond acceptors (Lipinski definition) is 5. The number of hydrogen-bond donors (Lipinski definition) is 2. The first-order valence-corrected chi connectivity index (χ1v) is 9.40. The topological polar surface area (TPSA) is 80.3 Å². The molecule has 1 saturated heterocycles. The fourth-order valence-corrected chi connectivity index (χ4v) is 3.89. The Balaban J connectivity index is 1.67. The van der Waals surface area contributed by atoms with Gasteiger partial charge in [0.15, 0.2) is 0 Å². The maximum atomic E-state index is 12.4. The molecular weight excluding hydrogens is 326 g/mol. The molecule has 1 aromatic carbocycles. The van der Waals surface area contributed by atoms with Crippen molar-refractivity contribution in [3.8, 4) is 5.75 Å². The molecule has 1 aliphatic rings. The number of aromatic nitrogens is 1. The number of benzene rings is 1. The van der Waals surface area contributed by atoms with E-state index in [0.717, 1.165) is 19.5 Å². The minimum Gasteiger partial charge on any atom is -0.489 e. The lowest BCUT2D eigenvalue weighted by Crippen LogP contribution is -2.24. The van der Waals surface area contributed by atoms with E-state index in [1.165, 1.54) is 0 Å². The Morgan fingerprint density at radius 2 is 2.17 bits per heavy atom. The van der Waals surface area contributed by atoms with Crippen LogP contribution >= 0.6 is 0 Å². The van der Waals surface area contributed by atoms with E-state index in [4.69, 9.17) is 4.74 Å². The van der Waals surface area contributed by atoms with Gasteiger partial charge in [-0.05, 0) is 37.6 Å². The van der Waals surface area contributed by atoms with Crippen molar-refractivity contribution in [1.29, 1.82) is 0 Å². The maximum Gasteiger partial charge on any atom is 0.241 e. The van der Waals surface area contributed by atoms with Crippen LogP contribution in [-0.4, -0.2) is 32.6 Å². The van der Waals surface area contributed by atoms with Gasteiger partial charge in [-0.25, -0.2) is 13.1 Å². The Bertz CT molecular complexity index is 802. The van der Waals surface area contributed by atoms with E-state index in [0.29, 0.717) is 17.0 Å².